The highest BCUT2D eigenvalue weighted by molar-refractivity contribution is 6.42. The van der Waals surface area contributed by atoms with Crippen molar-refractivity contribution in [1.29, 1.82) is 0 Å². The van der Waals surface area contributed by atoms with Gasteiger partial charge in [0.2, 0.25) is 0 Å². The van der Waals surface area contributed by atoms with Crippen molar-refractivity contribution in [2.45, 2.75) is 13.3 Å². The molecule has 100 valence electrons. The fraction of sp³-hybridized carbons (Fsp3) is 0.214. The zero-order valence-corrected chi connectivity index (χ0v) is 12.0. The molecule has 0 saturated carbocycles. The van der Waals surface area contributed by atoms with Gasteiger partial charge in [0, 0.05) is 12.6 Å². The summed E-state index contributed by atoms with van der Waals surface area (Å²) >= 11 is 12.0. The number of benzene rings is 1. The number of pyridine rings is 1. The summed E-state index contributed by atoms with van der Waals surface area (Å²) in [7, 11) is 0. The Hall–Kier alpha value is -1.45. The van der Waals surface area contributed by atoms with Crippen molar-refractivity contribution in [3.05, 3.63) is 46.7 Å². The maximum Gasteiger partial charge on any atom is 0.147 e. The van der Waals surface area contributed by atoms with Crippen molar-refractivity contribution < 1.29 is 4.74 Å². The molecule has 2 aromatic rings. The average molecular weight is 297 g/mol. The van der Waals surface area contributed by atoms with Crippen molar-refractivity contribution in [2.75, 3.05) is 11.9 Å². The summed E-state index contributed by atoms with van der Waals surface area (Å²) in [5.41, 5.74) is 0.914. The molecule has 0 radical (unpaired) electrons. The van der Waals surface area contributed by atoms with Gasteiger partial charge < -0.3 is 10.1 Å². The van der Waals surface area contributed by atoms with Gasteiger partial charge in [-0.25, -0.2) is 0 Å². The second-order valence-corrected chi connectivity index (χ2v) is 4.78. The monoisotopic (exact) mass is 296 g/mol. The predicted octanol–water partition coefficient (Wildman–Crippen LogP) is 5.00. The van der Waals surface area contributed by atoms with Gasteiger partial charge in [0.1, 0.15) is 16.5 Å². The van der Waals surface area contributed by atoms with E-state index in [0.29, 0.717) is 21.5 Å². The van der Waals surface area contributed by atoms with E-state index < -0.39 is 0 Å². The minimum Gasteiger partial charge on any atom is -0.454 e. The van der Waals surface area contributed by atoms with Crippen LogP contribution in [0.25, 0.3) is 0 Å². The van der Waals surface area contributed by atoms with E-state index in [-0.39, 0.29) is 0 Å². The molecule has 1 aromatic heterocycles. The first kappa shape index (κ1) is 14.0. The van der Waals surface area contributed by atoms with Gasteiger partial charge in [-0.05, 0) is 18.6 Å². The molecule has 0 amide bonds. The molecule has 1 N–H and O–H groups in total. The molecule has 2 rings (SSSR count). The van der Waals surface area contributed by atoms with E-state index in [2.05, 4.69) is 17.2 Å². The number of nitrogens with one attached hydrogen (secondary N) is 1. The zero-order valence-electron chi connectivity index (χ0n) is 10.5. The lowest BCUT2D eigenvalue weighted by Gasteiger charge is -2.10. The molecule has 0 unspecified atom stereocenters. The Bertz CT molecular complexity index is 561. The van der Waals surface area contributed by atoms with Crippen LogP contribution < -0.4 is 10.1 Å². The number of anilines is 1. The Balaban J connectivity index is 2.16. The third-order valence-electron chi connectivity index (χ3n) is 2.44. The molecule has 3 nitrogen and oxygen atoms in total. The largest absolute Gasteiger partial charge is 0.454 e. The minimum atomic E-state index is 0.399. The molecule has 1 heterocycles. The molecule has 1 aromatic carbocycles. The molecule has 5 heteroatoms. The second-order valence-electron chi connectivity index (χ2n) is 3.99. The Morgan fingerprint density at radius 2 is 2.11 bits per heavy atom. The van der Waals surface area contributed by atoms with Gasteiger partial charge in [0.05, 0.1) is 23.1 Å². The number of hydrogen-bond donors (Lipinski definition) is 1. The van der Waals surface area contributed by atoms with E-state index in [0.717, 1.165) is 18.7 Å². The first-order chi connectivity index (χ1) is 9.20. The minimum absolute atomic E-state index is 0.399. The zero-order chi connectivity index (χ0) is 13.7. The number of hydrogen-bond acceptors (Lipinski definition) is 3. The first-order valence-corrected chi connectivity index (χ1v) is 6.77. The molecule has 19 heavy (non-hydrogen) atoms. The van der Waals surface area contributed by atoms with Gasteiger partial charge in [0.25, 0.3) is 0 Å². The van der Waals surface area contributed by atoms with Crippen LogP contribution in [-0.2, 0) is 0 Å². The fourth-order valence-electron chi connectivity index (χ4n) is 1.53. The maximum absolute atomic E-state index is 6.07. The molecule has 0 aliphatic heterocycles. The average Bonchev–Trinajstić information content (AvgIpc) is 2.42. The van der Waals surface area contributed by atoms with Crippen LogP contribution in [0, 0.1) is 0 Å². The summed E-state index contributed by atoms with van der Waals surface area (Å²) in [4.78, 5) is 4.12. The lowest BCUT2D eigenvalue weighted by atomic mass is 10.3. The van der Waals surface area contributed by atoms with Crippen LogP contribution in [0.15, 0.2) is 36.7 Å². The van der Waals surface area contributed by atoms with Crippen molar-refractivity contribution in [3.63, 3.8) is 0 Å². The molecule has 0 bridgehead atoms. The molecule has 0 atom stereocenters. The van der Waals surface area contributed by atoms with Crippen LogP contribution in [0.5, 0.6) is 11.5 Å². The van der Waals surface area contributed by atoms with Crippen LogP contribution in [0.3, 0.4) is 0 Å². The lowest BCUT2D eigenvalue weighted by Crippen LogP contribution is -2.00. The van der Waals surface area contributed by atoms with Gasteiger partial charge in [0.15, 0.2) is 0 Å². The molecule has 0 aliphatic carbocycles. The van der Waals surface area contributed by atoms with Gasteiger partial charge in [-0.2, -0.15) is 0 Å². The van der Waals surface area contributed by atoms with Crippen molar-refractivity contribution in [1.82, 2.24) is 4.98 Å². The van der Waals surface area contributed by atoms with Crippen LogP contribution in [0.1, 0.15) is 13.3 Å². The van der Waals surface area contributed by atoms with E-state index in [1.807, 2.05) is 6.07 Å². The van der Waals surface area contributed by atoms with Crippen molar-refractivity contribution >= 4 is 28.9 Å². The number of aromatic nitrogens is 1. The Labute approximate surface area is 122 Å². The van der Waals surface area contributed by atoms with Crippen LogP contribution in [0.2, 0.25) is 10.0 Å². The predicted molar refractivity (Wildman–Crippen MR) is 79.6 cm³/mol. The summed E-state index contributed by atoms with van der Waals surface area (Å²) in [6.45, 7) is 3.00. The highest BCUT2D eigenvalue weighted by Gasteiger charge is 2.07. The van der Waals surface area contributed by atoms with Gasteiger partial charge in [-0.3, -0.25) is 4.98 Å². The number of rotatable bonds is 5. The summed E-state index contributed by atoms with van der Waals surface area (Å²) in [5.74, 6) is 1.13. The number of halogens is 2. The maximum atomic E-state index is 6.07. The third kappa shape index (κ3) is 3.75. The van der Waals surface area contributed by atoms with E-state index in [1.54, 1.807) is 30.6 Å². The van der Waals surface area contributed by atoms with Crippen LogP contribution >= 0.6 is 23.2 Å². The molecule has 0 aliphatic rings. The Morgan fingerprint density at radius 3 is 2.89 bits per heavy atom. The quantitative estimate of drug-likeness (QED) is 0.843. The standard InChI is InChI=1S/C14H14Cl2N2O/c1-2-6-18-10-7-11(9-17-8-10)19-13-5-3-4-12(15)14(13)16/h3-5,7-9,18H,2,6H2,1H3. The summed E-state index contributed by atoms with van der Waals surface area (Å²) < 4.78 is 5.69. The highest BCUT2D eigenvalue weighted by atomic mass is 35.5. The van der Waals surface area contributed by atoms with E-state index >= 15 is 0 Å². The topological polar surface area (TPSA) is 34.2 Å². The van der Waals surface area contributed by atoms with Crippen molar-refractivity contribution in [3.8, 4) is 11.5 Å². The van der Waals surface area contributed by atoms with Gasteiger partial charge in [-0.1, -0.05) is 36.2 Å². The molecule has 0 fully saturated rings. The normalized spacial score (nSPS) is 10.3. The van der Waals surface area contributed by atoms with Gasteiger partial charge >= 0.3 is 0 Å². The summed E-state index contributed by atoms with van der Waals surface area (Å²) in [6.07, 6.45) is 4.43. The van der Waals surface area contributed by atoms with Gasteiger partial charge in [-0.15, -0.1) is 0 Å². The molecule has 0 saturated heterocycles. The first-order valence-electron chi connectivity index (χ1n) is 6.01. The molecule has 0 spiro atoms. The Morgan fingerprint density at radius 1 is 1.26 bits per heavy atom. The smallest absolute Gasteiger partial charge is 0.147 e. The van der Waals surface area contributed by atoms with Crippen molar-refractivity contribution in [2.24, 2.45) is 0 Å². The molecular weight excluding hydrogens is 283 g/mol. The highest BCUT2D eigenvalue weighted by Crippen LogP contribution is 2.34. The van der Waals surface area contributed by atoms with Crippen LogP contribution in [0.4, 0.5) is 5.69 Å². The summed E-state index contributed by atoms with van der Waals surface area (Å²) in [6, 6.07) is 7.14. The Kier molecular flexibility index (Phi) is 4.88. The van der Waals surface area contributed by atoms with E-state index in [1.165, 1.54) is 0 Å². The second kappa shape index (κ2) is 6.64. The van der Waals surface area contributed by atoms with E-state index in [4.69, 9.17) is 27.9 Å². The number of nitrogens with zero attached hydrogens (tertiary/aromatic N) is 1. The lowest BCUT2D eigenvalue weighted by molar-refractivity contribution is 0.481. The van der Waals surface area contributed by atoms with E-state index in [9.17, 15) is 0 Å². The van der Waals surface area contributed by atoms with Crippen LogP contribution in [-0.4, -0.2) is 11.5 Å². The third-order valence-corrected chi connectivity index (χ3v) is 3.24. The number of ether oxygens (including phenoxy) is 1. The molecular formula is C14H14Cl2N2O. The SMILES string of the molecule is CCCNc1cncc(Oc2cccc(Cl)c2Cl)c1. The summed E-state index contributed by atoms with van der Waals surface area (Å²) in [5, 5.41) is 4.11. The fourth-order valence-corrected chi connectivity index (χ4v) is 1.86.